The molecule has 6 heteroatoms. The molecule has 1 heterocycles. The molecule has 0 radical (unpaired) electrons. The molecular formula is C16H19BrN2O3. The molecule has 0 unspecified atom stereocenters. The highest BCUT2D eigenvalue weighted by atomic mass is 79.9. The van der Waals surface area contributed by atoms with E-state index in [-0.39, 0.29) is 12.1 Å². The first kappa shape index (κ1) is 16.5. The van der Waals surface area contributed by atoms with Crippen molar-refractivity contribution in [2.24, 2.45) is 0 Å². The Morgan fingerprint density at radius 2 is 1.91 bits per heavy atom. The lowest BCUT2D eigenvalue weighted by molar-refractivity contribution is -0.136. The Labute approximate surface area is 138 Å². The fourth-order valence-corrected chi connectivity index (χ4v) is 2.92. The first-order valence-electron chi connectivity index (χ1n) is 7.01. The summed E-state index contributed by atoms with van der Waals surface area (Å²) in [4.78, 5) is 26.2. The van der Waals surface area contributed by atoms with Crippen LogP contribution in [0.4, 0.5) is 4.79 Å². The molecule has 0 saturated heterocycles. The first-order chi connectivity index (χ1) is 10.4. The van der Waals surface area contributed by atoms with Crippen LogP contribution in [-0.4, -0.2) is 30.1 Å². The van der Waals surface area contributed by atoms with E-state index in [2.05, 4.69) is 21.2 Å². The largest absolute Gasteiger partial charge is 0.466 e. The van der Waals surface area contributed by atoms with Crippen molar-refractivity contribution in [1.29, 1.82) is 0 Å². The zero-order valence-electron chi connectivity index (χ0n) is 13.0. The maximum Gasteiger partial charge on any atom is 0.337 e. The molecule has 1 aromatic rings. The van der Waals surface area contributed by atoms with Crippen LogP contribution in [0.5, 0.6) is 0 Å². The molecule has 1 N–H and O–H groups in total. The smallest absolute Gasteiger partial charge is 0.337 e. The number of allylic oxidation sites excluding steroid dienone is 1. The number of nitrogens with zero attached hydrogens (tertiary/aromatic N) is 1. The third-order valence-electron chi connectivity index (χ3n) is 3.65. The third kappa shape index (κ3) is 3.02. The van der Waals surface area contributed by atoms with Crippen LogP contribution in [0.3, 0.4) is 0 Å². The molecule has 1 aliphatic heterocycles. The quantitative estimate of drug-likeness (QED) is 0.834. The molecule has 118 valence electrons. The molecule has 0 spiro atoms. The van der Waals surface area contributed by atoms with Crippen LogP contribution in [0.2, 0.25) is 0 Å². The summed E-state index contributed by atoms with van der Waals surface area (Å²) in [6.45, 7) is 5.58. The maximum atomic E-state index is 12.4. The fourth-order valence-electron chi connectivity index (χ4n) is 2.66. The Hall–Kier alpha value is -1.82. The number of hydrogen-bond donors (Lipinski definition) is 1. The van der Waals surface area contributed by atoms with Gasteiger partial charge in [0.15, 0.2) is 0 Å². The van der Waals surface area contributed by atoms with Gasteiger partial charge < -0.3 is 10.1 Å². The Bertz CT molecular complexity index is 623. The number of halogens is 1. The fraction of sp³-hybridized carbons (Fsp3) is 0.375. The summed E-state index contributed by atoms with van der Waals surface area (Å²) < 4.78 is 5.85. The van der Waals surface area contributed by atoms with Gasteiger partial charge in [-0.3, -0.25) is 4.90 Å². The number of carbonyl (C=O) groups excluding carboxylic acids is 2. The number of rotatable bonds is 3. The number of carbonyl (C=O) groups is 2. The Kier molecular flexibility index (Phi) is 4.90. The van der Waals surface area contributed by atoms with E-state index in [0.29, 0.717) is 11.3 Å². The van der Waals surface area contributed by atoms with Crippen molar-refractivity contribution in [1.82, 2.24) is 10.2 Å². The van der Waals surface area contributed by atoms with Gasteiger partial charge in [0.1, 0.15) is 0 Å². The van der Waals surface area contributed by atoms with E-state index in [1.165, 1.54) is 7.11 Å². The van der Waals surface area contributed by atoms with Crippen molar-refractivity contribution >= 4 is 27.9 Å². The summed E-state index contributed by atoms with van der Waals surface area (Å²) in [6.07, 6.45) is 0. The first-order valence-corrected chi connectivity index (χ1v) is 7.80. The molecule has 0 fully saturated rings. The minimum Gasteiger partial charge on any atom is -0.466 e. The third-order valence-corrected chi connectivity index (χ3v) is 4.18. The minimum absolute atomic E-state index is 0.0504. The van der Waals surface area contributed by atoms with E-state index >= 15 is 0 Å². The molecule has 2 rings (SSSR count). The van der Waals surface area contributed by atoms with Gasteiger partial charge in [-0.05, 0) is 38.5 Å². The van der Waals surface area contributed by atoms with Gasteiger partial charge >= 0.3 is 12.0 Å². The predicted molar refractivity (Wildman–Crippen MR) is 87.1 cm³/mol. The van der Waals surface area contributed by atoms with Crippen molar-refractivity contribution in [3.05, 3.63) is 45.6 Å². The highest BCUT2D eigenvalue weighted by Crippen LogP contribution is 2.32. The zero-order valence-corrected chi connectivity index (χ0v) is 14.6. The van der Waals surface area contributed by atoms with Crippen molar-refractivity contribution in [3.63, 3.8) is 0 Å². The lowest BCUT2D eigenvalue weighted by Gasteiger charge is -2.37. The van der Waals surface area contributed by atoms with Crippen LogP contribution in [-0.2, 0) is 9.53 Å². The number of amides is 2. The highest BCUT2D eigenvalue weighted by Gasteiger charge is 2.37. The average molecular weight is 367 g/mol. The van der Waals surface area contributed by atoms with Crippen LogP contribution in [0.25, 0.3) is 0 Å². The van der Waals surface area contributed by atoms with Gasteiger partial charge in [0.05, 0.1) is 18.7 Å². The van der Waals surface area contributed by atoms with E-state index in [0.717, 1.165) is 10.0 Å². The molecule has 1 atom stereocenters. The summed E-state index contributed by atoms with van der Waals surface area (Å²) in [5.74, 6) is -0.434. The standard InChI is InChI=1S/C16H19BrN2O3/c1-9(2)19-10(3)13(15(20)22-4)14(18-16(19)21)11-5-7-12(17)8-6-11/h5-9,14H,1-4H3,(H,18,21)/t14-/m1/s1. The Balaban J connectivity index is 2.55. The van der Waals surface area contributed by atoms with Gasteiger partial charge in [-0.25, -0.2) is 9.59 Å². The zero-order chi connectivity index (χ0) is 16.4. The maximum absolute atomic E-state index is 12.4. The van der Waals surface area contributed by atoms with Gasteiger partial charge in [0, 0.05) is 16.2 Å². The van der Waals surface area contributed by atoms with Crippen molar-refractivity contribution in [2.45, 2.75) is 32.9 Å². The minimum atomic E-state index is -0.511. The second-order valence-corrected chi connectivity index (χ2v) is 6.30. The normalized spacial score (nSPS) is 18.5. The SMILES string of the molecule is COC(=O)C1=C(C)N(C(C)C)C(=O)N[C@@H]1c1ccc(Br)cc1. The van der Waals surface area contributed by atoms with Crippen LogP contribution in [0.15, 0.2) is 40.0 Å². The molecule has 1 aromatic carbocycles. The topological polar surface area (TPSA) is 58.6 Å². The number of ether oxygens (including phenoxy) is 1. The average Bonchev–Trinajstić information content (AvgIpc) is 2.46. The second kappa shape index (κ2) is 6.52. The lowest BCUT2D eigenvalue weighted by atomic mass is 9.94. The molecule has 22 heavy (non-hydrogen) atoms. The van der Waals surface area contributed by atoms with Crippen LogP contribution < -0.4 is 5.32 Å². The van der Waals surface area contributed by atoms with Crippen LogP contribution in [0.1, 0.15) is 32.4 Å². The predicted octanol–water partition coefficient (Wildman–Crippen LogP) is 3.37. The number of nitrogens with one attached hydrogen (secondary N) is 1. The van der Waals surface area contributed by atoms with Crippen molar-refractivity contribution < 1.29 is 14.3 Å². The van der Waals surface area contributed by atoms with Crippen molar-refractivity contribution in [2.75, 3.05) is 7.11 Å². The van der Waals surface area contributed by atoms with Crippen LogP contribution >= 0.6 is 15.9 Å². The molecule has 5 nitrogen and oxygen atoms in total. The number of esters is 1. The molecular weight excluding hydrogens is 348 g/mol. The molecule has 1 aliphatic rings. The monoisotopic (exact) mass is 366 g/mol. The summed E-state index contributed by atoms with van der Waals surface area (Å²) in [6, 6.07) is 6.72. The Morgan fingerprint density at radius 3 is 2.41 bits per heavy atom. The van der Waals surface area contributed by atoms with Gasteiger partial charge in [0.2, 0.25) is 0 Å². The lowest BCUT2D eigenvalue weighted by Crippen LogP contribution is -2.50. The molecule has 2 amide bonds. The van der Waals surface area contributed by atoms with E-state index in [4.69, 9.17) is 4.74 Å². The summed E-state index contributed by atoms with van der Waals surface area (Å²) in [7, 11) is 1.34. The van der Waals surface area contributed by atoms with Crippen molar-refractivity contribution in [3.8, 4) is 0 Å². The van der Waals surface area contributed by atoms with Crippen LogP contribution in [0, 0.1) is 0 Å². The summed E-state index contributed by atoms with van der Waals surface area (Å²) in [5, 5.41) is 2.89. The number of urea groups is 1. The molecule has 0 aliphatic carbocycles. The van der Waals surface area contributed by atoms with E-state index in [1.54, 1.807) is 11.8 Å². The van der Waals surface area contributed by atoms with E-state index in [9.17, 15) is 9.59 Å². The second-order valence-electron chi connectivity index (χ2n) is 5.39. The molecule has 0 aromatic heterocycles. The van der Waals surface area contributed by atoms with E-state index < -0.39 is 12.0 Å². The summed E-state index contributed by atoms with van der Waals surface area (Å²) >= 11 is 3.38. The van der Waals surface area contributed by atoms with Gasteiger partial charge in [-0.2, -0.15) is 0 Å². The number of hydrogen-bond acceptors (Lipinski definition) is 3. The highest BCUT2D eigenvalue weighted by molar-refractivity contribution is 9.10. The molecule has 0 bridgehead atoms. The van der Waals surface area contributed by atoms with E-state index in [1.807, 2.05) is 38.1 Å². The molecule has 0 saturated carbocycles. The summed E-state index contributed by atoms with van der Waals surface area (Å²) in [5.41, 5.74) is 1.91. The number of methoxy groups -OCH3 is 1. The van der Waals surface area contributed by atoms with Gasteiger partial charge in [0.25, 0.3) is 0 Å². The van der Waals surface area contributed by atoms with Gasteiger partial charge in [-0.1, -0.05) is 28.1 Å². The van der Waals surface area contributed by atoms with Gasteiger partial charge in [-0.15, -0.1) is 0 Å². The number of benzene rings is 1. The Morgan fingerprint density at radius 1 is 1.32 bits per heavy atom.